The van der Waals surface area contributed by atoms with Gasteiger partial charge in [-0.15, -0.1) is 11.3 Å². The Hall–Kier alpha value is -2.93. The highest BCUT2D eigenvalue weighted by Gasteiger charge is 2.18. The number of amides is 1. The number of aryl methyl sites for hydroxylation is 1. The zero-order chi connectivity index (χ0) is 17.8. The lowest BCUT2D eigenvalue weighted by Gasteiger charge is -2.18. The number of nitrogens with zero attached hydrogens (tertiary/aromatic N) is 2. The fourth-order valence-electron chi connectivity index (χ4n) is 2.26. The van der Waals surface area contributed by atoms with Gasteiger partial charge in [-0.05, 0) is 30.7 Å². The second-order valence-electron chi connectivity index (χ2n) is 5.40. The van der Waals surface area contributed by atoms with Gasteiger partial charge in [-0.3, -0.25) is 9.69 Å². The van der Waals surface area contributed by atoms with Gasteiger partial charge in [-0.2, -0.15) is 0 Å². The van der Waals surface area contributed by atoms with Crippen molar-refractivity contribution in [1.29, 1.82) is 0 Å². The van der Waals surface area contributed by atoms with Crippen LogP contribution in [0, 0.1) is 6.92 Å². The summed E-state index contributed by atoms with van der Waals surface area (Å²) in [5, 5.41) is 2.30. The van der Waals surface area contributed by atoms with E-state index in [9.17, 15) is 9.59 Å². The molecule has 7 heteroatoms. The predicted molar refractivity (Wildman–Crippen MR) is 93.9 cm³/mol. The first-order valence-electron chi connectivity index (χ1n) is 7.55. The molecule has 2 aromatic heterocycles. The highest BCUT2D eigenvalue weighted by molar-refractivity contribution is 7.14. The predicted octanol–water partition coefficient (Wildman–Crippen LogP) is 4.09. The van der Waals surface area contributed by atoms with Crippen LogP contribution in [0.4, 0.5) is 10.8 Å². The zero-order valence-electron chi connectivity index (χ0n) is 13.8. The topological polar surface area (TPSA) is 72.6 Å². The van der Waals surface area contributed by atoms with Gasteiger partial charge in [0.2, 0.25) is 5.91 Å². The summed E-state index contributed by atoms with van der Waals surface area (Å²) in [7, 11) is 0. The summed E-state index contributed by atoms with van der Waals surface area (Å²) in [6.45, 7) is 3.48. The molecule has 3 rings (SSSR count). The minimum atomic E-state index is -0.481. The molecule has 0 N–H and O–H groups in total. The first kappa shape index (κ1) is 16.9. The van der Waals surface area contributed by atoms with Crippen LogP contribution >= 0.6 is 11.3 Å². The van der Waals surface area contributed by atoms with Crippen LogP contribution in [0.5, 0.6) is 0 Å². The minimum Gasteiger partial charge on any atom is -0.472 e. The number of hydrogen-bond acceptors (Lipinski definition) is 6. The molecule has 0 aliphatic heterocycles. The van der Waals surface area contributed by atoms with Gasteiger partial charge in [0, 0.05) is 12.3 Å². The molecule has 0 unspecified atom stereocenters. The average molecular weight is 356 g/mol. The second kappa shape index (κ2) is 7.31. The number of benzene rings is 1. The van der Waals surface area contributed by atoms with E-state index < -0.39 is 5.97 Å². The Labute approximate surface area is 148 Å². The third-order valence-corrected chi connectivity index (χ3v) is 4.29. The first-order chi connectivity index (χ1) is 12.0. The maximum Gasteiger partial charge on any atom is 0.341 e. The van der Waals surface area contributed by atoms with Crippen LogP contribution < -0.4 is 4.90 Å². The first-order valence-corrected chi connectivity index (χ1v) is 8.43. The monoisotopic (exact) mass is 356 g/mol. The molecule has 0 spiro atoms. The maximum atomic E-state index is 12.1. The summed E-state index contributed by atoms with van der Waals surface area (Å²) in [5.74, 6) is -0.618. The highest BCUT2D eigenvalue weighted by Crippen LogP contribution is 2.29. The molecule has 0 fully saturated rings. The number of hydrogen-bond donors (Lipinski definition) is 0. The highest BCUT2D eigenvalue weighted by atomic mass is 32.1. The summed E-state index contributed by atoms with van der Waals surface area (Å²) in [5.41, 5.74) is 2.73. The van der Waals surface area contributed by atoms with Gasteiger partial charge >= 0.3 is 5.97 Å². The second-order valence-corrected chi connectivity index (χ2v) is 6.24. The van der Waals surface area contributed by atoms with Crippen molar-refractivity contribution in [2.75, 3.05) is 4.90 Å². The number of aromatic nitrogens is 1. The Balaban J connectivity index is 1.74. The third-order valence-electron chi connectivity index (χ3n) is 3.41. The lowest BCUT2D eigenvalue weighted by molar-refractivity contribution is -0.115. The van der Waals surface area contributed by atoms with Gasteiger partial charge in [-0.25, -0.2) is 9.78 Å². The largest absolute Gasteiger partial charge is 0.472 e. The Morgan fingerprint density at radius 1 is 1.32 bits per heavy atom. The molecule has 0 saturated heterocycles. The zero-order valence-corrected chi connectivity index (χ0v) is 14.6. The molecule has 3 aromatic rings. The Kier molecular flexibility index (Phi) is 4.95. The third kappa shape index (κ3) is 3.95. The fraction of sp³-hybridized carbons (Fsp3) is 0.167. The SMILES string of the molecule is CC(=O)N(c1cccc(C)c1)c1nc(COC(=O)c2ccoc2)cs1. The number of ether oxygens (including phenoxy) is 1. The Morgan fingerprint density at radius 3 is 2.84 bits per heavy atom. The van der Waals surface area contributed by atoms with Crippen molar-refractivity contribution in [3.8, 4) is 0 Å². The van der Waals surface area contributed by atoms with Gasteiger partial charge in [-0.1, -0.05) is 12.1 Å². The van der Waals surface area contributed by atoms with Crippen molar-refractivity contribution in [2.24, 2.45) is 0 Å². The van der Waals surface area contributed by atoms with Crippen LogP contribution in [0.3, 0.4) is 0 Å². The van der Waals surface area contributed by atoms with Gasteiger partial charge in [0.05, 0.1) is 23.2 Å². The van der Waals surface area contributed by atoms with Gasteiger partial charge < -0.3 is 9.15 Å². The van der Waals surface area contributed by atoms with E-state index in [1.807, 2.05) is 31.2 Å². The minimum absolute atomic E-state index is 0.0279. The van der Waals surface area contributed by atoms with Crippen LogP contribution in [-0.2, 0) is 16.1 Å². The Morgan fingerprint density at radius 2 is 2.16 bits per heavy atom. The summed E-state index contributed by atoms with van der Waals surface area (Å²) < 4.78 is 10.0. The number of carbonyl (C=O) groups is 2. The van der Waals surface area contributed by atoms with Gasteiger partial charge in [0.25, 0.3) is 0 Å². The summed E-state index contributed by atoms with van der Waals surface area (Å²) in [6, 6.07) is 9.16. The lowest BCUT2D eigenvalue weighted by Crippen LogP contribution is -2.22. The smallest absolute Gasteiger partial charge is 0.341 e. The number of rotatable bonds is 5. The molecule has 0 radical (unpaired) electrons. The molecule has 2 heterocycles. The van der Waals surface area contributed by atoms with E-state index in [1.54, 1.807) is 10.3 Å². The molecular formula is C18H16N2O4S. The molecule has 0 aliphatic carbocycles. The lowest BCUT2D eigenvalue weighted by atomic mass is 10.2. The molecule has 0 bridgehead atoms. The normalized spacial score (nSPS) is 10.5. The van der Waals surface area contributed by atoms with Crippen molar-refractivity contribution in [3.05, 3.63) is 65.1 Å². The van der Waals surface area contributed by atoms with Crippen LogP contribution in [0.2, 0.25) is 0 Å². The molecular weight excluding hydrogens is 340 g/mol. The van der Waals surface area contributed by atoms with Crippen LogP contribution in [-0.4, -0.2) is 16.9 Å². The fourth-order valence-corrected chi connectivity index (χ4v) is 3.13. The summed E-state index contributed by atoms with van der Waals surface area (Å²) in [4.78, 5) is 29.9. The molecule has 1 amide bonds. The van der Waals surface area contributed by atoms with E-state index >= 15 is 0 Å². The molecule has 1 aromatic carbocycles. The number of esters is 1. The van der Waals surface area contributed by atoms with E-state index in [0.29, 0.717) is 16.4 Å². The molecule has 0 saturated carbocycles. The van der Waals surface area contributed by atoms with Crippen LogP contribution in [0.15, 0.2) is 52.7 Å². The van der Waals surface area contributed by atoms with Gasteiger partial charge in [0.15, 0.2) is 5.13 Å². The number of thiazole rings is 1. The van der Waals surface area contributed by atoms with Crippen molar-refractivity contribution in [3.63, 3.8) is 0 Å². The molecule has 25 heavy (non-hydrogen) atoms. The number of carbonyl (C=O) groups excluding carboxylic acids is 2. The van der Waals surface area contributed by atoms with Crippen molar-refractivity contribution in [2.45, 2.75) is 20.5 Å². The molecule has 128 valence electrons. The van der Waals surface area contributed by atoms with E-state index in [1.165, 1.54) is 36.9 Å². The molecule has 6 nitrogen and oxygen atoms in total. The summed E-state index contributed by atoms with van der Waals surface area (Å²) in [6.07, 6.45) is 2.73. The molecule has 0 atom stereocenters. The van der Waals surface area contributed by atoms with Crippen molar-refractivity contribution >= 4 is 34.0 Å². The van der Waals surface area contributed by atoms with E-state index in [-0.39, 0.29) is 12.5 Å². The maximum absolute atomic E-state index is 12.1. The van der Waals surface area contributed by atoms with Crippen LogP contribution in [0.25, 0.3) is 0 Å². The standard InChI is InChI=1S/C18H16N2O4S/c1-12-4-3-5-16(8-12)20(13(2)21)18-19-15(11-25-18)10-24-17(22)14-6-7-23-9-14/h3-9,11H,10H2,1-2H3. The van der Waals surface area contributed by atoms with Crippen molar-refractivity contribution in [1.82, 2.24) is 4.98 Å². The van der Waals surface area contributed by atoms with E-state index in [4.69, 9.17) is 9.15 Å². The van der Waals surface area contributed by atoms with Gasteiger partial charge in [0.1, 0.15) is 12.9 Å². The van der Waals surface area contributed by atoms with Crippen molar-refractivity contribution < 1.29 is 18.7 Å². The van der Waals surface area contributed by atoms with E-state index in [2.05, 4.69) is 4.98 Å². The van der Waals surface area contributed by atoms with Crippen LogP contribution in [0.1, 0.15) is 28.5 Å². The molecule has 0 aliphatic rings. The Bertz CT molecular complexity index is 886. The number of furan rings is 1. The summed E-state index contributed by atoms with van der Waals surface area (Å²) >= 11 is 1.32. The number of anilines is 2. The van der Waals surface area contributed by atoms with E-state index in [0.717, 1.165) is 11.3 Å². The average Bonchev–Trinajstić information content (AvgIpc) is 3.25. The quantitative estimate of drug-likeness (QED) is 0.644.